The number of aryl methyl sites for hydroxylation is 1. The van der Waals surface area contributed by atoms with Gasteiger partial charge in [0, 0.05) is 17.8 Å². The molecule has 0 spiro atoms. The standard InChI is InChI=1S/C10H10Br2N2O/c1-6-2-8(4-13-10(6)12)14-5-7(11)3-9(14)15/h2,4,7H,3,5H2,1H3. The monoisotopic (exact) mass is 332 g/mol. The van der Waals surface area contributed by atoms with Gasteiger partial charge in [0.15, 0.2) is 0 Å². The molecule has 2 rings (SSSR count). The molecule has 5 heteroatoms. The van der Waals surface area contributed by atoms with Gasteiger partial charge in [-0.25, -0.2) is 4.98 Å². The number of carbonyl (C=O) groups excluding carboxylic acids is 1. The van der Waals surface area contributed by atoms with Crippen LogP contribution in [-0.4, -0.2) is 22.3 Å². The molecular formula is C10H10Br2N2O. The second kappa shape index (κ2) is 4.22. The normalized spacial score (nSPS) is 21.1. The zero-order valence-electron chi connectivity index (χ0n) is 8.20. The van der Waals surface area contributed by atoms with Gasteiger partial charge in [0.1, 0.15) is 4.60 Å². The van der Waals surface area contributed by atoms with Gasteiger partial charge in [-0.05, 0) is 34.5 Å². The average Bonchev–Trinajstić information content (AvgIpc) is 2.50. The Bertz CT molecular complexity index is 408. The van der Waals surface area contributed by atoms with Gasteiger partial charge in [0.2, 0.25) is 5.91 Å². The highest BCUT2D eigenvalue weighted by Gasteiger charge is 2.29. The molecule has 0 aromatic carbocycles. The smallest absolute Gasteiger partial charge is 0.228 e. The molecular weight excluding hydrogens is 324 g/mol. The summed E-state index contributed by atoms with van der Waals surface area (Å²) in [7, 11) is 0. The first-order valence-corrected chi connectivity index (χ1v) is 6.35. The molecule has 1 saturated heterocycles. The zero-order chi connectivity index (χ0) is 11.0. The van der Waals surface area contributed by atoms with Crippen molar-refractivity contribution in [1.82, 2.24) is 4.98 Å². The van der Waals surface area contributed by atoms with Crippen LogP contribution in [0.2, 0.25) is 0 Å². The van der Waals surface area contributed by atoms with E-state index in [-0.39, 0.29) is 10.7 Å². The molecule has 0 N–H and O–H groups in total. The van der Waals surface area contributed by atoms with Crippen molar-refractivity contribution in [3.8, 4) is 0 Å². The van der Waals surface area contributed by atoms with Crippen molar-refractivity contribution >= 4 is 43.5 Å². The third-order valence-corrected chi connectivity index (χ3v) is 3.83. The van der Waals surface area contributed by atoms with Crippen molar-refractivity contribution in [3.05, 3.63) is 22.4 Å². The van der Waals surface area contributed by atoms with E-state index in [9.17, 15) is 4.79 Å². The SMILES string of the molecule is Cc1cc(N2CC(Br)CC2=O)cnc1Br. The van der Waals surface area contributed by atoms with Gasteiger partial charge in [-0.15, -0.1) is 0 Å². The lowest BCUT2D eigenvalue weighted by atomic mass is 10.3. The summed E-state index contributed by atoms with van der Waals surface area (Å²) in [4.78, 5) is 17.9. The van der Waals surface area contributed by atoms with Crippen LogP contribution in [-0.2, 0) is 4.79 Å². The number of halogens is 2. The van der Waals surface area contributed by atoms with Crippen LogP contribution in [0.5, 0.6) is 0 Å². The number of amides is 1. The van der Waals surface area contributed by atoms with E-state index in [1.54, 1.807) is 11.1 Å². The molecule has 3 nitrogen and oxygen atoms in total. The van der Waals surface area contributed by atoms with Crippen molar-refractivity contribution < 1.29 is 4.79 Å². The summed E-state index contributed by atoms with van der Waals surface area (Å²) in [5.41, 5.74) is 1.92. The third-order valence-electron chi connectivity index (χ3n) is 2.39. The van der Waals surface area contributed by atoms with E-state index in [2.05, 4.69) is 36.8 Å². The Morgan fingerprint density at radius 2 is 2.33 bits per heavy atom. The van der Waals surface area contributed by atoms with E-state index in [4.69, 9.17) is 0 Å². The Morgan fingerprint density at radius 3 is 2.87 bits per heavy atom. The van der Waals surface area contributed by atoms with Gasteiger partial charge in [-0.3, -0.25) is 4.79 Å². The van der Waals surface area contributed by atoms with E-state index >= 15 is 0 Å². The maximum absolute atomic E-state index is 11.6. The molecule has 1 amide bonds. The number of hydrogen-bond acceptors (Lipinski definition) is 2. The van der Waals surface area contributed by atoms with Crippen molar-refractivity contribution in [2.75, 3.05) is 11.4 Å². The minimum atomic E-state index is 0.153. The number of alkyl halides is 1. The van der Waals surface area contributed by atoms with Crippen molar-refractivity contribution in [2.45, 2.75) is 18.2 Å². The fourth-order valence-corrected chi connectivity index (χ4v) is 2.39. The van der Waals surface area contributed by atoms with Crippen LogP contribution < -0.4 is 4.90 Å². The Morgan fingerprint density at radius 1 is 1.60 bits per heavy atom. The number of pyridine rings is 1. The number of nitrogens with zero attached hydrogens (tertiary/aromatic N) is 2. The fraction of sp³-hybridized carbons (Fsp3) is 0.400. The van der Waals surface area contributed by atoms with E-state index in [1.165, 1.54) is 0 Å². The molecule has 1 aromatic heterocycles. The maximum Gasteiger partial charge on any atom is 0.228 e. The highest BCUT2D eigenvalue weighted by molar-refractivity contribution is 9.10. The summed E-state index contributed by atoms with van der Waals surface area (Å²) in [5.74, 6) is 0.153. The van der Waals surface area contributed by atoms with Crippen LogP contribution in [0.3, 0.4) is 0 Å². The number of carbonyl (C=O) groups is 1. The molecule has 0 radical (unpaired) electrons. The maximum atomic E-state index is 11.6. The molecule has 0 saturated carbocycles. The lowest BCUT2D eigenvalue weighted by Gasteiger charge is -2.16. The third kappa shape index (κ3) is 2.23. The topological polar surface area (TPSA) is 33.2 Å². The molecule has 1 atom stereocenters. The summed E-state index contributed by atoms with van der Waals surface area (Å²) in [6, 6.07) is 1.97. The van der Waals surface area contributed by atoms with E-state index < -0.39 is 0 Å². The second-order valence-corrected chi connectivity index (χ2v) is 5.65. The fourth-order valence-electron chi connectivity index (χ4n) is 1.60. The molecule has 1 aliphatic rings. The summed E-state index contributed by atoms with van der Waals surface area (Å²) in [5, 5.41) is 0. The van der Waals surface area contributed by atoms with Gasteiger partial charge in [-0.1, -0.05) is 15.9 Å². The number of rotatable bonds is 1. The van der Waals surface area contributed by atoms with E-state index in [1.807, 2.05) is 13.0 Å². The number of aromatic nitrogens is 1. The zero-order valence-corrected chi connectivity index (χ0v) is 11.4. The molecule has 80 valence electrons. The minimum absolute atomic E-state index is 0.153. The molecule has 15 heavy (non-hydrogen) atoms. The molecule has 1 unspecified atom stereocenters. The van der Waals surface area contributed by atoms with Crippen molar-refractivity contribution in [2.24, 2.45) is 0 Å². The summed E-state index contributed by atoms with van der Waals surface area (Å²) < 4.78 is 0.827. The summed E-state index contributed by atoms with van der Waals surface area (Å²) in [6.07, 6.45) is 2.29. The molecule has 1 aromatic rings. The molecule has 0 aliphatic carbocycles. The second-order valence-electron chi connectivity index (χ2n) is 3.61. The minimum Gasteiger partial charge on any atom is -0.310 e. The van der Waals surface area contributed by atoms with Crippen LogP contribution in [0.1, 0.15) is 12.0 Å². The van der Waals surface area contributed by atoms with Crippen LogP contribution >= 0.6 is 31.9 Å². The van der Waals surface area contributed by atoms with Crippen LogP contribution in [0.15, 0.2) is 16.9 Å². The first-order chi connectivity index (χ1) is 7.08. The van der Waals surface area contributed by atoms with E-state index in [0.29, 0.717) is 6.42 Å². The predicted molar refractivity (Wildman–Crippen MR) is 66.4 cm³/mol. The Kier molecular flexibility index (Phi) is 3.11. The summed E-state index contributed by atoms with van der Waals surface area (Å²) >= 11 is 6.80. The van der Waals surface area contributed by atoms with E-state index in [0.717, 1.165) is 22.4 Å². The number of anilines is 1. The molecule has 2 heterocycles. The largest absolute Gasteiger partial charge is 0.310 e. The van der Waals surface area contributed by atoms with Gasteiger partial charge in [-0.2, -0.15) is 0 Å². The molecule has 1 fully saturated rings. The Balaban J connectivity index is 2.30. The van der Waals surface area contributed by atoms with Crippen LogP contribution in [0, 0.1) is 6.92 Å². The number of hydrogen-bond donors (Lipinski definition) is 0. The molecule has 0 bridgehead atoms. The predicted octanol–water partition coefficient (Wildman–Crippen LogP) is 2.65. The quantitative estimate of drug-likeness (QED) is 0.584. The Hall–Kier alpha value is -0.420. The van der Waals surface area contributed by atoms with Crippen molar-refractivity contribution in [3.63, 3.8) is 0 Å². The average molecular weight is 334 g/mol. The van der Waals surface area contributed by atoms with Crippen molar-refractivity contribution in [1.29, 1.82) is 0 Å². The van der Waals surface area contributed by atoms with Crippen LogP contribution in [0.4, 0.5) is 5.69 Å². The first-order valence-electron chi connectivity index (χ1n) is 4.64. The highest BCUT2D eigenvalue weighted by atomic mass is 79.9. The lowest BCUT2D eigenvalue weighted by molar-refractivity contribution is -0.117. The van der Waals surface area contributed by atoms with Crippen LogP contribution in [0.25, 0.3) is 0 Å². The van der Waals surface area contributed by atoms with Gasteiger partial charge < -0.3 is 4.90 Å². The highest BCUT2D eigenvalue weighted by Crippen LogP contribution is 2.26. The molecule has 1 aliphatic heterocycles. The van der Waals surface area contributed by atoms with Gasteiger partial charge in [0.25, 0.3) is 0 Å². The van der Waals surface area contributed by atoms with Gasteiger partial charge in [0.05, 0.1) is 11.9 Å². The first kappa shape index (κ1) is 11.1. The summed E-state index contributed by atoms with van der Waals surface area (Å²) in [6.45, 7) is 2.69. The Labute approximate surface area is 105 Å². The van der Waals surface area contributed by atoms with Gasteiger partial charge >= 0.3 is 0 Å². The lowest BCUT2D eigenvalue weighted by Crippen LogP contribution is -2.24.